The number of carbonyl (C=O) groups is 3. The average Bonchev–Trinajstić information content (AvgIpc) is 3.33. The molecule has 7 nitrogen and oxygen atoms in total. The van der Waals surface area contributed by atoms with Crippen LogP contribution in [0.15, 0.2) is 36.5 Å². The molecule has 0 radical (unpaired) electrons. The highest BCUT2D eigenvalue weighted by Gasteiger charge is 2.36. The zero-order valence-corrected chi connectivity index (χ0v) is 13.6. The Morgan fingerprint density at radius 2 is 1.72 bits per heavy atom. The van der Waals surface area contributed by atoms with Crippen LogP contribution in [0.25, 0.3) is 0 Å². The highest BCUT2D eigenvalue weighted by atomic mass is 16.2. The number of fused-ring (bicyclic) bond motifs is 1. The Kier molecular flexibility index (Phi) is 3.83. The molecule has 3 amide bonds. The van der Waals surface area contributed by atoms with Gasteiger partial charge in [-0.3, -0.25) is 19.3 Å². The second kappa shape index (κ2) is 6.16. The van der Waals surface area contributed by atoms with Crippen molar-refractivity contribution in [2.45, 2.75) is 31.7 Å². The number of anilines is 1. The number of imide groups is 1. The lowest BCUT2D eigenvalue weighted by atomic mass is 10.1. The number of aromatic nitrogens is 2. The van der Waals surface area contributed by atoms with Crippen LogP contribution in [0, 0.1) is 0 Å². The first-order chi connectivity index (χ1) is 12.1. The standard InChI is InChI=1S/C18H18N4O3/c23-16(20-15-9-10-19-22(15)12-5-1-2-6-12)11-21-17(24)13-7-3-4-8-14(13)18(21)25/h3-4,7-10,12H,1-2,5-6,11H2,(H,20,23). The summed E-state index contributed by atoms with van der Waals surface area (Å²) in [6.07, 6.45) is 6.06. The van der Waals surface area contributed by atoms with Gasteiger partial charge in [0.25, 0.3) is 11.8 Å². The predicted octanol–water partition coefficient (Wildman–Crippen LogP) is 2.23. The molecule has 2 aliphatic rings. The van der Waals surface area contributed by atoms with Crippen LogP contribution in [0.5, 0.6) is 0 Å². The molecular formula is C18H18N4O3. The van der Waals surface area contributed by atoms with Gasteiger partial charge in [-0.2, -0.15) is 5.10 Å². The van der Waals surface area contributed by atoms with E-state index in [1.807, 2.05) is 4.68 Å². The second-order valence-electron chi connectivity index (χ2n) is 6.39. The van der Waals surface area contributed by atoms with Crippen LogP contribution in [-0.2, 0) is 4.79 Å². The molecule has 0 spiro atoms. The van der Waals surface area contributed by atoms with Crippen molar-refractivity contribution in [3.8, 4) is 0 Å². The molecule has 0 bridgehead atoms. The van der Waals surface area contributed by atoms with E-state index in [0.29, 0.717) is 23.0 Å². The molecule has 0 saturated heterocycles. The molecule has 1 aliphatic heterocycles. The monoisotopic (exact) mass is 338 g/mol. The van der Waals surface area contributed by atoms with E-state index in [0.717, 1.165) is 30.6 Å². The normalized spacial score (nSPS) is 17.2. The minimum absolute atomic E-state index is 0.296. The van der Waals surface area contributed by atoms with E-state index in [4.69, 9.17) is 0 Å². The van der Waals surface area contributed by atoms with Crippen LogP contribution < -0.4 is 5.32 Å². The summed E-state index contributed by atoms with van der Waals surface area (Å²) in [5.74, 6) is -0.664. The number of amides is 3. The van der Waals surface area contributed by atoms with Gasteiger partial charge in [-0.25, -0.2) is 4.68 Å². The third-order valence-corrected chi connectivity index (χ3v) is 4.79. The minimum atomic E-state index is -0.431. The Hall–Kier alpha value is -2.96. The van der Waals surface area contributed by atoms with Crippen molar-refractivity contribution in [1.29, 1.82) is 0 Å². The van der Waals surface area contributed by atoms with Gasteiger partial charge in [-0.1, -0.05) is 25.0 Å². The summed E-state index contributed by atoms with van der Waals surface area (Å²) < 4.78 is 1.83. The van der Waals surface area contributed by atoms with Crippen molar-refractivity contribution in [2.75, 3.05) is 11.9 Å². The highest BCUT2D eigenvalue weighted by molar-refractivity contribution is 6.22. The first-order valence-corrected chi connectivity index (χ1v) is 8.44. The Bertz CT molecular complexity index is 817. The Labute approximate surface area is 144 Å². The molecule has 25 heavy (non-hydrogen) atoms. The average molecular weight is 338 g/mol. The summed E-state index contributed by atoms with van der Waals surface area (Å²) in [7, 11) is 0. The van der Waals surface area contributed by atoms with Crippen molar-refractivity contribution >= 4 is 23.5 Å². The zero-order chi connectivity index (χ0) is 17.4. The minimum Gasteiger partial charge on any atom is -0.309 e. The van der Waals surface area contributed by atoms with Crippen molar-refractivity contribution < 1.29 is 14.4 Å². The number of hydrogen-bond donors (Lipinski definition) is 1. The van der Waals surface area contributed by atoms with E-state index in [-0.39, 0.29) is 6.54 Å². The topological polar surface area (TPSA) is 84.3 Å². The third kappa shape index (κ3) is 2.71. The third-order valence-electron chi connectivity index (χ3n) is 4.79. The van der Waals surface area contributed by atoms with Gasteiger partial charge in [0.2, 0.25) is 5.91 Å². The quantitative estimate of drug-likeness (QED) is 0.867. The van der Waals surface area contributed by atoms with Gasteiger partial charge in [0, 0.05) is 6.07 Å². The van der Waals surface area contributed by atoms with Crippen molar-refractivity contribution in [3.63, 3.8) is 0 Å². The Morgan fingerprint density at radius 3 is 2.36 bits per heavy atom. The second-order valence-corrected chi connectivity index (χ2v) is 6.39. The van der Waals surface area contributed by atoms with Gasteiger partial charge in [0.15, 0.2) is 0 Å². The summed E-state index contributed by atoms with van der Waals surface area (Å²) in [6.45, 7) is -0.303. The van der Waals surface area contributed by atoms with Crippen LogP contribution in [0.2, 0.25) is 0 Å². The van der Waals surface area contributed by atoms with E-state index < -0.39 is 17.7 Å². The number of nitrogens with zero attached hydrogens (tertiary/aromatic N) is 3. The van der Waals surface area contributed by atoms with E-state index in [1.54, 1.807) is 36.5 Å². The van der Waals surface area contributed by atoms with Gasteiger partial charge in [0.05, 0.1) is 23.4 Å². The first-order valence-electron chi connectivity index (χ1n) is 8.44. The van der Waals surface area contributed by atoms with Crippen molar-refractivity contribution in [3.05, 3.63) is 47.7 Å². The SMILES string of the molecule is O=C(CN1C(=O)c2ccccc2C1=O)Nc1ccnn1C1CCCC1. The highest BCUT2D eigenvalue weighted by Crippen LogP contribution is 2.31. The number of hydrogen-bond acceptors (Lipinski definition) is 4. The molecule has 4 rings (SSSR count). The van der Waals surface area contributed by atoms with Crippen LogP contribution >= 0.6 is 0 Å². The predicted molar refractivity (Wildman–Crippen MR) is 90.2 cm³/mol. The van der Waals surface area contributed by atoms with Crippen LogP contribution in [-0.4, -0.2) is 38.9 Å². The maximum absolute atomic E-state index is 12.4. The molecule has 1 aromatic carbocycles. The molecule has 1 fully saturated rings. The first kappa shape index (κ1) is 15.6. The van der Waals surface area contributed by atoms with Gasteiger partial charge in [-0.15, -0.1) is 0 Å². The number of carbonyl (C=O) groups excluding carboxylic acids is 3. The number of rotatable bonds is 4. The molecule has 0 unspecified atom stereocenters. The molecule has 2 aromatic rings. The summed E-state index contributed by atoms with van der Waals surface area (Å²) in [6, 6.07) is 8.63. The lowest BCUT2D eigenvalue weighted by Gasteiger charge is -2.16. The van der Waals surface area contributed by atoms with Crippen molar-refractivity contribution in [1.82, 2.24) is 14.7 Å². The summed E-state index contributed by atoms with van der Waals surface area (Å²) in [5.41, 5.74) is 0.688. The Balaban J connectivity index is 1.46. The molecular weight excluding hydrogens is 320 g/mol. The number of nitrogens with one attached hydrogen (secondary N) is 1. The zero-order valence-electron chi connectivity index (χ0n) is 13.6. The molecule has 1 aliphatic carbocycles. The summed E-state index contributed by atoms with van der Waals surface area (Å²) in [5, 5.41) is 7.08. The fourth-order valence-corrected chi connectivity index (χ4v) is 3.56. The smallest absolute Gasteiger partial charge is 0.262 e. The molecule has 7 heteroatoms. The molecule has 0 atom stereocenters. The van der Waals surface area contributed by atoms with Gasteiger partial charge < -0.3 is 5.32 Å². The maximum Gasteiger partial charge on any atom is 0.262 e. The lowest BCUT2D eigenvalue weighted by Crippen LogP contribution is -2.37. The molecule has 1 N–H and O–H groups in total. The maximum atomic E-state index is 12.4. The van der Waals surface area contributed by atoms with Crippen LogP contribution in [0.4, 0.5) is 5.82 Å². The fraction of sp³-hybridized carbons (Fsp3) is 0.333. The number of benzene rings is 1. The molecule has 1 saturated carbocycles. The van der Waals surface area contributed by atoms with E-state index in [1.165, 1.54) is 0 Å². The lowest BCUT2D eigenvalue weighted by molar-refractivity contribution is -0.116. The van der Waals surface area contributed by atoms with Gasteiger partial charge in [-0.05, 0) is 25.0 Å². The van der Waals surface area contributed by atoms with E-state index in [2.05, 4.69) is 10.4 Å². The van der Waals surface area contributed by atoms with Crippen LogP contribution in [0.1, 0.15) is 52.4 Å². The van der Waals surface area contributed by atoms with E-state index in [9.17, 15) is 14.4 Å². The van der Waals surface area contributed by atoms with Crippen molar-refractivity contribution in [2.24, 2.45) is 0 Å². The van der Waals surface area contributed by atoms with Crippen LogP contribution in [0.3, 0.4) is 0 Å². The van der Waals surface area contributed by atoms with Gasteiger partial charge in [0.1, 0.15) is 12.4 Å². The largest absolute Gasteiger partial charge is 0.309 e. The molecule has 2 heterocycles. The summed E-state index contributed by atoms with van der Waals surface area (Å²) in [4.78, 5) is 38.0. The fourth-order valence-electron chi connectivity index (χ4n) is 3.56. The van der Waals surface area contributed by atoms with Gasteiger partial charge >= 0.3 is 0 Å². The summed E-state index contributed by atoms with van der Waals surface area (Å²) >= 11 is 0. The molecule has 1 aromatic heterocycles. The molecule has 128 valence electrons. The van der Waals surface area contributed by atoms with E-state index >= 15 is 0 Å². The Morgan fingerprint density at radius 1 is 1.08 bits per heavy atom.